The van der Waals surface area contributed by atoms with Crippen LogP contribution in [-0.4, -0.2) is 17.1 Å². The van der Waals surface area contributed by atoms with Crippen molar-refractivity contribution in [3.05, 3.63) is 34.3 Å². The van der Waals surface area contributed by atoms with Gasteiger partial charge in [-0.05, 0) is 37.3 Å². The minimum Gasteiger partial charge on any atom is -0.409 e. The molecule has 0 saturated heterocycles. The Balaban J connectivity index is 2.00. The fourth-order valence-electron chi connectivity index (χ4n) is 1.94. The van der Waals surface area contributed by atoms with Crippen LogP contribution in [0.5, 0.6) is 0 Å². The molecule has 2 rings (SSSR count). The van der Waals surface area contributed by atoms with E-state index in [1.807, 2.05) is 6.07 Å². The molecule has 0 radical (unpaired) electrons. The van der Waals surface area contributed by atoms with Crippen molar-refractivity contribution in [1.82, 2.24) is 5.32 Å². The van der Waals surface area contributed by atoms with E-state index in [1.165, 1.54) is 12.8 Å². The Morgan fingerprint density at radius 2 is 2.33 bits per heavy atom. The number of hydrogen-bond donors (Lipinski definition) is 3. The lowest BCUT2D eigenvalue weighted by atomic mass is 10.1. The van der Waals surface area contributed by atoms with Crippen molar-refractivity contribution < 1.29 is 5.21 Å². The summed E-state index contributed by atoms with van der Waals surface area (Å²) in [7, 11) is 0. The number of halogens is 1. The number of rotatable bonds is 5. The summed E-state index contributed by atoms with van der Waals surface area (Å²) in [6.07, 6.45) is 2.65. The summed E-state index contributed by atoms with van der Waals surface area (Å²) in [5.41, 5.74) is 7.16. The zero-order valence-electron chi connectivity index (χ0n) is 10.4. The van der Waals surface area contributed by atoms with Gasteiger partial charge in [0.2, 0.25) is 0 Å². The molecule has 0 spiro atoms. The van der Waals surface area contributed by atoms with Crippen LogP contribution in [0.1, 0.15) is 30.9 Å². The minimum atomic E-state index is 0.0720. The van der Waals surface area contributed by atoms with Crippen LogP contribution in [0.15, 0.2) is 23.4 Å². The summed E-state index contributed by atoms with van der Waals surface area (Å²) in [5.74, 6) is 0.892. The van der Waals surface area contributed by atoms with Crippen LogP contribution >= 0.6 is 11.6 Å². The highest BCUT2D eigenvalue weighted by Crippen LogP contribution is 2.32. The van der Waals surface area contributed by atoms with Gasteiger partial charge in [0.15, 0.2) is 5.84 Å². The third-order valence-electron chi connectivity index (χ3n) is 3.40. The molecule has 0 heterocycles. The first-order chi connectivity index (χ1) is 8.61. The second-order valence-electron chi connectivity index (χ2n) is 4.80. The molecular weight excluding hydrogens is 250 g/mol. The Kier molecular flexibility index (Phi) is 4.09. The van der Waals surface area contributed by atoms with Crippen molar-refractivity contribution in [2.45, 2.75) is 32.4 Å². The van der Waals surface area contributed by atoms with Gasteiger partial charge in [0.1, 0.15) is 0 Å². The molecule has 4 nitrogen and oxygen atoms in total. The van der Waals surface area contributed by atoms with Gasteiger partial charge in [-0.25, -0.2) is 0 Å². The number of nitrogens with zero attached hydrogens (tertiary/aromatic N) is 1. The summed E-state index contributed by atoms with van der Waals surface area (Å²) >= 11 is 6.18. The lowest BCUT2D eigenvalue weighted by Gasteiger charge is -2.13. The van der Waals surface area contributed by atoms with E-state index in [0.717, 1.165) is 18.0 Å². The van der Waals surface area contributed by atoms with Gasteiger partial charge in [-0.3, -0.25) is 0 Å². The van der Waals surface area contributed by atoms with E-state index in [1.54, 1.807) is 12.1 Å². The van der Waals surface area contributed by atoms with E-state index < -0.39 is 0 Å². The van der Waals surface area contributed by atoms with E-state index in [4.69, 9.17) is 22.5 Å². The topological polar surface area (TPSA) is 70.6 Å². The Morgan fingerprint density at radius 3 is 2.89 bits per heavy atom. The average Bonchev–Trinajstić information content (AvgIpc) is 3.20. The molecule has 98 valence electrons. The first-order valence-corrected chi connectivity index (χ1v) is 6.49. The second kappa shape index (κ2) is 5.59. The van der Waals surface area contributed by atoms with Crippen LogP contribution in [0.4, 0.5) is 0 Å². The zero-order chi connectivity index (χ0) is 13.1. The Morgan fingerprint density at radius 1 is 1.61 bits per heavy atom. The van der Waals surface area contributed by atoms with Crippen molar-refractivity contribution in [3.8, 4) is 0 Å². The van der Waals surface area contributed by atoms with Gasteiger partial charge in [-0.2, -0.15) is 0 Å². The van der Waals surface area contributed by atoms with Crippen molar-refractivity contribution in [2.24, 2.45) is 16.8 Å². The molecule has 1 atom stereocenters. The molecule has 1 aromatic carbocycles. The van der Waals surface area contributed by atoms with Gasteiger partial charge < -0.3 is 16.3 Å². The van der Waals surface area contributed by atoms with Crippen LogP contribution in [0.3, 0.4) is 0 Å². The van der Waals surface area contributed by atoms with E-state index in [-0.39, 0.29) is 5.84 Å². The van der Waals surface area contributed by atoms with Crippen LogP contribution in [-0.2, 0) is 6.54 Å². The molecule has 1 aliphatic carbocycles. The highest BCUT2D eigenvalue weighted by molar-refractivity contribution is 6.31. The predicted molar refractivity (Wildman–Crippen MR) is 73.0 cm³/mol. The fourth-order valence-corrected chi connectivity index (χ4v) is 2.19. The maximum atomic E-state index is 8.60. The largest absolute Gasteiger partial charge is 0.409 e. The fraction of sp³-hybridized carbons (Fsp3) is 0.462. The van der Waals surface area contributed by atoms with Gasteiger partial charge in [-0.15, -0.1) is 0 Å². The third-order valence-corrected chi connectivity index (χ3v) is 3.75. The summed E-state index contributed by atoms with van der Waals surface area (Å²) in [6.45, 7) is 2.95. The molecule has 18 heavy (non-hydrogen) atoms. The first-order valence-electron chi connectivity index (χ1n) is 6.11. The number of amidine groups is 1. The molecule has 1 aromatic rings. The summed E-state index contributed by atoms with van der Waals surface area (Å²) in [6, 6.07) is 5.96. The van der Waals surface area contributed by atoms with Gasteiger partial charge in [0, 0.05) is 23.2 Å². The van der Waals surface area contributed by atoms with Crippen LogP contribution in [0, 0.1) is 5.92 Å². The Hall–Kier alpha value is -1.26. The van der Waals surface area contributed by atoms with Gasteiger partial charge in [0.25, 0.3) is 0 Å². The summed E-state index contributed by atoms with van der Waals surface area (Å²) in [4.78, 5) is 0. The lowest BCUT2D eigenvalue weighted by Crippen LogP contribution is -2.27. The van der Waals surface area contributed by atoms with Crippen molar-refractivity contribution in [2.75, 3.05) is 0 Å². The molecule has 1 aliphatic rings. The summed E-state index contributed by atoms with van der Waals surface area (Å²) in [5, 5.41) is 15.7. The van der Waals surface area contributed by atoms with Crippen molar-refractivity contribution in [3.63, 3.8) is 0 Å². The van der Waals surface area contributed by atoms with Crippen LogP contribution in [0.25, 0.3) is 0 Å². The highest BCUT2D eigenvalue weighted by atomic mass is 35.5. The van der Waals surface area contributed by atoms with Gasteiger partial charge in [0.05, 0.1) is 0 Å². The number of benzene rings is 1. The number of nitrogens with one attached hydrogen (secondary N) is 1. The Bertz CT molecular complexity index is 458. The number of nitrogens with two attached hydrogens (primary N) is 1. The molecule has 4 N–H and O–H groups in total. The molecule has 0 amide bonds. The number of oxime groups is 1. The standard InChI is InChI=1S/C13H18ClN3O/c1-8(9-2-3-9)16-7-11-5-4-10(6-12(11)14)13(15)17-18/h4-6,8-9,16,18H,2-3,7H2,1H3,(H2,15,17). The minimum absolute atomic E-state index is 0.0720. The van der Waals surface area contributed by atoms with E-state index in [0.29, 0.717) is 16.6 Å². The zero-order valence-corrected chi connectivity index (χ0v) is 11.1. The van der Waals surface area contributed by atoms with Crippen LogP contribution < -0.4 is 11.1 Å². The van der Waals surface area contributed by atoms with Crippen molar-refractivity contribution in [1.29, 1.82) is 0 Å². The number of hydrogen-bond acceptors (Lipinski definition) is 3. The molecule has 5 heteroatoms. The highest BCUT2D eigenvalue weighted by Gasteiger charge is 2.27. The average molecular weight is 268 g/mol. The Labute approximate surface area is 112 Å². The predicted octanol–water partition coefficient (Wildman–Crippen LogP) is 2.32. The molecule has 0 bridgehead atoms. The van der Waals surface area contributed by atoms with Crippen molar-refractivity contribution >= 4 is 17.4 Å². The normalized spacial score (nSPS) is 17.8. The van der Waals surface area contributed by atoms with Gasteiger partial charge in [-0.1, -0.05) is 28.9 Å². The van der Waals surface area contributed by atoms with Gasteiger partial charge >= 0.3 is 0 Å². The lowest BCUT2D eigenvalue weighted by molar-refractivity contribution is 0.318. The molecule has 0 aromatic heterocycles. The monoisotopic (exact) mass is 267 g/mol. The van der Waals surface area contributed by atoms with Crippen LogP contribution in [0.2, 0.25) is 5.02 Å². The van der Waals surface area contributed by atoms with E-state index in [9.17, 15) is 0 Å². The molecule has 1 saturated carbocycles. The second-order valence-corrected chi connectivity index (χ2v) is 5.21. The maximum Gasteiger partial charge on any atom is 0.170 e. The quantitative estimate of drug-likeness (QED) is 0.332. The van der Waals surface area contributed by atoms with E-state index >= 15 is 0 Å². The first kappa shape index (κ1) is 13.2. The maximum absolute atomic E-state index is 8.60. The molecule has 0 aliphatic heterocycles. The molecule has 1 unspecified atom stereocenters. The molecule has 1 fully saturated rings. The molecular formula is C13H18ClN3O. The summed E-state index contributed by atoms with van der Waals surface area (Å²) < 4.78 is 0. The SMILES string of the molecule is CC(NCc1ccc(/C(N)=N/O)cc1Cl)C1CC1. The van der Waals surface area contributed by atoms with E-state index in [2.05, 4.69) is 17.4 Å². The smallest absolute Gasteiger partial charge is 0.170 e. The third kappa shape index (κ3) is 3.15.